The van der Waals surface area contributed by atoms with Gasteiger partial charge in [0.25, 0.3) is 0 Å². The second kappa shape index (κ2) is 15.3. The van der Waals surface area contributed by atoms with Crippen LogP contribution in [0.3, 0.4) is 0 Å². The lowest BCUT2D eigenvalue weighted by molar-refractivity contribution is -0.142. The first-order chi connectivity index (χ1) is 18.4. The first-order valence-corrected chi connectivity index (χ1v) is 14.1. The van der Waals surface area contributed by atoms with Gasteiger partial charge < -0.3 is 20.3 Å². The Kier molecular flexibility index (Phi) is 12.5. The van der Waals surface area contributed by atoms with Crippen LogP contribution in [-0.4, -0.2) is 47.5 Å². The zero-order valence-electron chi connectivity index (χ0n) is 24.8. The van der Waals surface area contributed by atoms with Gasteiger partial charge in [-0.3, -0.25) is 9.59 Å². The number of hydrogen-bond acceptors (Lipinski definition) is 4. The van der Waals surface area contributed by atoms with Crippen molar-refractivity contribution in [2.24, 2.45) is 0 Å². The SMILES string of the molecule is CCCCCNC(=O)C(c1cc(C)cc(C)c1)N(CCC)C(=O)C(Cc1ccccc1)NC(=O)OC(C)(C)C. The van der Waals surface area contributed by atoms with Gasteiger partial charge in [-0.25, -0.2) is 4.79 Å². The Morgan fingerprint density at radius 1 is 0.923 bits per heavy atom. The van der Waals surface area contributed by atoms with Gasteiger partial charge in [-0.15, -0.1) is 0 Å². The maximum Gasteiger partial charge on any atom is 0.408 e. The number of rotatable bonds is 13. The number of alkyl carbamates (subject to hydrolysis) is 1. The Morgan fingerprint density at radius 3 is 2.13 bits per heavy atom. The molecule has 0 radical (unpaired) electrons. The van der Waals surface area contributed by atoms with Crippen molar-refractivity contribution in [1.82, 2.24) is 15.5 Å². The van der Waals surface area contributed by atoms with E-state index in [9.17, 15) is 14.4 Å². The van der Waals surface area contributed by atoms with E-state index in [-0.39, 0.29) is 18.2 Å². The molecule has 0 heterocycles. The average molecular weight is 538 g/mol. The molecule has 0 aliphatic rings. The van der Waals surface area contributed by atoms with Crippen molar-refractivity contribution < 1.29 is 19.1 Å². The van der Waals surface area contributed by atoms with Crippen LogP contribution in [0, 0.1) is 13.8 Å². The lowest BCUT2D eigenvalue weighted by Gasteiger charge is -2.34. The summed E-state index contributed by atoms with van der Waals surface area (Å²) in [7, 11) is 0. The summed E-state index contributed by atoms with van der Waals surface area (Å²) in [5.41, 5.74) is 2.98. The van der Waals surface area contributed by atoms with Crippen LogP contribution in [0.15, 0.2) is 48.5 Å². The maximum atomic E-state index is 14.3. The van der Waals surface area contributed by atoms with Crippen molar-refractivity contribution in [2.75, 3.05) is 13.1 Å². The highest BCUT2D eigenvalue weighted by Crippen LogP contribution is 2.26. The van der Waals surface area contributed by atoms with E-state index in [4.69, 9.17) is 4.74 Å². The van der Waals surface area contributed by atoms with Gasteiger partial charge in [0.1, 0.15) is 17.7 Å². The molecule has 7 heteroatoms. The van der Waals surface area contributed by atoms with E-state index in [1.165, 1.54) is 0 Å². The van der Waals surface area contributed by atoms with E-state index in [0.717, 1.165) is 41.5 Å². The first kappa shape index (κ1) is 31.9. The standard InChI is InChI=1S/C32H47N3O4/c1-8-10-14-17-33-29(36)28(26-20-23(3)19-24(4)21-26)35(18-9-2)30(37)27(22-25-15-12-11-13-16-25)34-31(38)39-32(5,6)7/h11-13,15-16,19-21,27-28H,8-10,14,17-18,22H2,1-7H3,(H,33,36)(H,34,38). The molecule has 2 unspecified atom stereocenters. The molecule has 39 heavy (non-hydrogen) atoms. The van der Waals surface area contributed by atoms with E-state index in [1.54, 1.807) is 25.7 Å². The fourth-order valence-electron chi connectivity index (χ4n) is 4.63. The lowest BCUT2D eigenvalue weighted by atomic mass is 9.97. The molecule has 2 aromatic rings. The van der Waals surface area contributed by atoms with Gasteiger partial charge in [0.05, 0.1) is 0 Å². The zero-order chi connectivity index (χ0) is 29.0. The molecule has 2 N–H and O–H groups in total. The van der Waals surface area contributed by atoms with Crippen molar-refractivity contribution in [3.63, 3.8) is 0 Å². The molecular formula is C32H47N3O4. The largest absolute Gasteiger partial charge is 0.444 e. The smallest absolute Gasteiger partial charge is 0.408 e. The molecule has 2 rings (SSSR count). The molecule has 0 saturated carbocycles. The summed E-state index contributed by atoms with van der Waals surface area (Å²) in [4.78, 5) is 42.4. The van der Waals surface area contributed by atoms with Gasteiger partial charge in [-0.2, -0.15) is 0 Å². The number of amides is 3. The highest BCUT2D eigenvalue weighted by atomic mass is 16.6. The molecule has 214 valence electrons. The summed E-state index contributed by atoms with van der Waals surface area (Å²) in [6, 6.07) is 13.8. The topological polar surface area (TPSA) is 87.7 Å². The van der Waals surface area contributed by atoms with E-state index >= 15 is 0 Å². The maximum absolute atomic E-state index is 14.3. The van der Waals surface area contributed by atoms with Gasteiger partial charge in [0.15, 0.2) is 0 Å². The van der Waals surface area contributed by atoms with Crippen LogP contribution in [-0.2, 0) is 20.7 Å². The minimum Gasteiger partial charge on any atom is -0.444 e. The number of nitrogens with zero attached hydrogens (tertiary/aromatic N) is 1. The van der Waals surface area contributed by atoms with Crippen LogP contribution < -0.4 is 10.6 Å². The predicted molar refractivity (Wildman–Crippen MR) is 156 cm³/mol. The molecule has 2 aromatic carbocycles. The van der Waals surface area contributed by atoms with Crippen molar-refractivity contribution in [1.29, 1.82) is 0 Å². The van der Waals surface area contributed by atoms with Crippen LogP contribution in [0.4, 0.5) is 4.79 Å². The Balaban J connectivity index is 2.50. The number of carbonyl (C=O) groups is 3. The molecule has 0 aromatic heterocycles. The minimum atomic E-state index is -0.907. The van der Waals surface area contributed by atoms with Crippen LogP contribution in [0.25, 0.3) is 0 Å². The fraction of sp³-hybridized carbons (Fsp3) is 0.531. The zero-order valence-corrected chi connectivity index (χ0v) is 24.8. The highest BCUT2D eigenvalue weighted by molar-refractivity contribution is 5.92. The number of nitrogens with one attached hydrogen (secondary N) is 2. The summed E-state index contributed by atoms with van der Waals surface area (Å²) in [5.74, 6) is -0.534. The van der Waals surface area contributed by atoms with Crippen LogP contribution >= 0.6 is 0 Å². The number of unbranched alkanes of at least 4 members (excludes halogenated alkanes) is 2. The molecular weight excluding hydrogens is 490 g/mol. The van der Waals surface area contributed by atoms with Gasteiger partial charge in [-0.05, 0) is 58.6 Å². The number of benzene rings is 2. The predicted octanol–water partition coefficient (Wildman–Crippen LogP) is 6.03. The number of aryl methyl sites for hydroxylation is 2. The van der Waals surface area contributed by atoms with E-state index in [2.05, 4.69) is 17.6 Å². The van der Waals surface area contributed by atoms with Gasteiger partial charge >= 0.3 is 6.09 Å². The molecule has 3 amide bonds. The second-order valence-corrected chi connectivity index (χ2v) is 11.2. The minimum absolute atomic E-state index is 0.214. The summed E-state index contributed by atoms with van der Waals surface area (Å²) >= 11 is 0. The van der Waals surface area contributed by atoms with Crippen molar-refractivity contribution in [3.8, 4) is 0 Å². The molecule has 2 atom stereocenters. The molecule has 0 aliphatic carbocycles. The van der Waals surface area contributed by atoms with Crippen LogP contribution in [0.2, 0.25) is 0 Å². The van der Waals surface area contributed by atoms with E-state index < -0.39 is 23.8 Å². The summed E-state index contributed by atoms with van der Waals surface area (Å²) in [6.45, 7) is 14.3. The number of hydrogen-bond donors (Lipinski definition) is 2. The van der Waals surface area contributed by atoms with E-state index in [1.807, 2.05) is 69.3 Å². The fourth-order valence-corrected chi connectivity index (χ4v) is 4.63. The Bertz CT molecular complexity index is 1060. The second-order valence-electron chi connectivity index (χ2n) is 11.2. The molecule has 0 aliphatic heterocycles. The monoisotopic (exact) mass is 537 g/mol. The highest BCUT2D eigenvalue weighted by Gasteiger charge is 2.36. The van der Waals surface area contributed by atoms with Crippen molar-refractivity contribution in [2.45, 2.75) is 98.3 Å². The number of ether oxygens (including phenoxy) is 1. The third kappa shape index (κ3) is 10.7. The first-order valence-electron chi connectivity index (χ1n) is 14.1. The van der Waals surface area contributed by atoms with E-state index in [0.29, 0.717) is 19.5 Å². The summed E-state index contributed by atoms with van der Waals surface area (Å²) in [6.07, 6.45) is 3.21. The van der Waals surface area contributed by atoms with Crippen molar-refractivity contribution >= 4 is 17.9 Å². The lowest BCUT2D eigenvalue weighted by Crippen LogP contribution is -2.54. The summed E-state index contributed by atoms with van der Waals surface area (Å²) < 4.78 is 5.50. The Hall–Kier alpha value is -3.35. The van der Waals surface area contributed by atoms with Gasteiger partial charge in [0.2, 0.25) is 11.8 Å². The Labute approximate surface area is 234 Å². The average Bonchev–Trinajstić information content (AvgIpc) is 2.84. The van der Waals surface area contributed by atoms with Gasteiger partial charge in [-0.1, -0.05) is 86.3 Å². The third-order valence-electron chi connectivity index (χ3n) is 6.22. The quantitative estimate of drug-likeness (QED) is 0.306. The molecule has 0 saturated heterocycles. The molecule has 7 nitrogen and oxygen atoms in total. The summed E-state index contributed by atoms with van der Waals surface area (Å²) in [5, 5.41) is 5.87. The van der Waals surface area contributed by atoms with Gasteiger partial charge in [0, 0.05) is 19.5 Å². The van der Waals surface area contributed by atoms with Crippen LogP contribution in [0.1, 0.15) is 88.6 Å². The van der Waals surface area contributed by atoms with Crippen molar-refractivity contribution in [3.05, 3.63) is 70.8 Å². The van der Waals surface area contributed by atoms with Crippen LogP contribution in [0.5, 0.6) is 0 Å². The molecule has 0 spiro atoms. The third-order valence-corrected chi connectivity index (χ3v) is 6.22. The molecule has 0 bridgehead atoms. The number of carbonyl (C=O) groups excluding carboxylic acids is 3. The Morgan fingerprint density at radius 2 is 1.56 bits per heavy atom. The molecule has 0 fully saturated rings. The normalized spacial score (nSPS) is 12.8.